The van der Waals surface area contributed by atoms with Crippen molar-refractivity contribution in [1.29, 1.82) is 0 Å². The molecule has 0 aliphatic carbocycles. The highest BCUT2D eigenvalue weighted by Gasteiger charge is 2.22. The van der Waals surface area contributed by atoms with Crippen LogP contribution in [0, 0.1) is 10.1 Å². The van der Waals surface area contributed by atoms with E-state index in [4.69, 9.17) is 11.6 Å². The lowest BCUT2D eigenvalue weighted by molar-refractivity contribution is -0.384. The zero-order chi connectivity index (χ0) is 27.0. The first-order valence-electron chi connectivity index (χ1n) is 12.8. The van der Waals surface area contributed by atoms with Gasteiger partial charge >= 0.3 is 0 Å². The summed E-state index contributed by atoms with van der Waals surface area (Å²) in [5, 5.41) is 19.0. The van der Waals surface area contributed by atoms with Crippen molar-refractivity contribution in [3.63, 3.8) is 0 Å². The number of nitro benzene ring substituents is 1. The molecule has 5 aromatic carbocycles. The molecule has 0 bridgehead atoms. The highest BCUT2D eigenvalue weighted by atomic mass is 35.5. The largest absolute Gasteiger partial charge is 0.381 e. The second-order valence-electron chi connectivity index (χ2n) is 9.32. The zero-order valence-electron chi connectivity index (χ0n) is 21.3. The van der Waals surface area contributed by atoms with Gasteiger partial charge in [-0.2, -0.15) is 0 Å². The Balaban J connectivity index is 1.42. The molecule has 5 nitrogen and oxygen atoms in total. The lowest BCUT2D eigenvalue weighted by Crippen LogP contribution is -2.06. The summed E-state index contributed by atoms with van der Waals surface area (Å²) in [6.45, 7) is 1.44. The molecule has 39 heavy (non-hydrogen) atoms. The van der Waals surface area contributed by atoms with Crippen LogP contribution in [0.1, 0.15) is 33.7 Å². The van der Waals surface area contributed by atoms with Gasteiger partial charge in [0.25, 0.3) is 5.69 Å². The molecular weight excluding hydrogens is 506 g/mol. The molecule has 2 N–H and O–H groups in total. The number of hydrogen-bond acceptors (Lipinski definition) is 4. The average Bonchev–Trinajstić information content (AvgIpc) is 2.98. The molecule has 5 aromatic rings. The first kappa shape index (κ1) is 26.0. The number of nitrogens with one attached hydrogen (secondary N) is 2. The van der Waals surface area contributed by atoms with Crippen LogP contribution in [0.2, 0.25) is 5.02 Å². The first-order chi connectivity index (χ1) is 19.1. The number of hydrogen-bond donors (Lipinski definition) is 2. The Morgan fingerprint density at radius 1 is 0.641 bits per heavy atom. The van der Waals surface area contributed by atoms with Crippen molar-refractivity contribution in [2.75, 3.05) is 10.6 Å². The molecule has 0 fully saturated rings. The van der Waals surface area contributed by atoms with E-state index < -0.39 is 0 Å². The minimum atomic E-state index is -0.385. The van der Waals surface area contributed by atoms with Crippen molar-refractivity contribution >= 4 is 28.7 Å². The summed E-state index contributed by atoms with van der Waals surface area (Å²) in [6.07, 6.45) is 0. The molecule has 0 aromatic heterocycles. The molecular formula is C33H28ClN3O2. The van der Waals surface area contributed by atoms with E-state index in [2.05, 4.69) is 59.2 Å². The maximum Gasteiger partial charge on any atom is 0.269 e. The monoisotopic (exact) mass is 533 g/mol. The van der Waals surface area contributed by atoms with Gasteiger partial charge in [0.2, 0.25) is 0 Å². The standard InChI is InChI=1S/C33H28ClN3O2/c34-32-20-19-30(37(38)39)21-31(32)33(26-11-15-28(16-12-26)35-22-24-7-3-1-4-8-24)27-13-17-29(18-14-27)36-23-25-9-5-2-6-10-25/h1-21,33,35-36H,22-23H2. The SMILES string of the molecule is O=[N+]([O-])c1ccc(Cl)c(C(c2ccc(NCc3ccccc3)cc2)c2ccc(NCc3ccccc3)cc2)c1. The van der Waals surface area contributed by atoms with Crippen molar-refractivity contribution in [1.82, 2.24) is 0 Å². The third-order valence-electron chi connectivity index (χ3n) is 6.67. The zero-order valence-corrected chi connectivity index (χ0v) is 22.0. The fraction of sp³-hybridized carbons (Fsp3) is 0.0909. The van der Waals surface area contributed by atoms with Gasteiger partial charge in [0, 0.05) is 47.5 Å². The Labute approximate surface area is 233 Å². The highest BCUT2D eigenvalue weighted by Crippen LogP contribution is 2.38. The van der Waals surface area contributed by atoms with Crippen molar-refractivity contribution in [2.45, 2.75) is 19.0 Å². The van der Waals surface area contributed by atoms with Crippen LogP contribution in [0.5, 0.6) is 0 Å². The molecule has 0 unspecified atom stereocenters. The number of anilines is 2. The number of nitrogens with zero attached hydrogens (tertiary/aromatic N) is 1. The number of nitro groups is 1. The summed E-state index contributed by atoms with van der Waals surface area (Å²) in [6, 6.07) is 41.4. The molecule has 0 saturated carbocycles. The molecule has 194 valence electrons. The van der Waals surface area contributed by atoms with Crippen LogP contribution in [-0.4, -0.2) is 4.92 Å². The lowest BCUT2D eigenvalue weighted by atomic mass is 9.84. The maximum absolute atomic E-state index is 11.6. The first-order valence-corrected chi connectivity index (χ1v) is 13.1. The molecule has 0 aliphatic rings. The minimum Gasteiger partial charge on any atom is -0.381 e. The second kappa shape index (κ2) is 12.3. The van der Waals surface area contributed by atoms with Crippen LogP contribution in [0.25, 0.3) is 0 Å². The summed E-state index contributed by atoms with van der Waals surface area (Å²) >= 11 is 6.65. The second-order valence-corrected chi connectivity index (χ2v) is 9.73. The Kier molecular flexibility index (Phi) is 8.20. The van der Waals surface area contributed by atoms with Gasteiger partial charge in [-0.3, -0.25) is 10.1 Å². The molecule has 5 rings (SSSR count). The van der Waals surface area contributed by atoms with Crippen LogP contribution < -0.4 is 10.6 Å². The van der Waals surface area contributed by atoms with E-state index in [1.807, 2.05) is 60.7 Å². The fourth-order valence-electron chi connectivity index (χ4n) is 4.60. The van der Waals surface area contributed by atoms with E-state index in [-0.39, 0.29) is 16.5 Å². The van der Waals surface area contributed by atoms with E-state index in [1.54, 1.807) is 12.1 Å². The van der Waals surface area contributed by atoms with Crippen LogP contribution in [0.3, 0.4) is 0 Å². The minimum absolute atomic E-state index is 0.0155. The number of rotatable bonds is 10. The summed E-state index contributed by atoms with van der Waals surface area (Å²) in [5.41, 5.74) is 7.08. The molecule has 0 amide bonds. The van der Waals surface area contributed by atoms with Gasteiger partial charge < -0.3 is 10.6 Å². The van der Waals surface area contributed by atoms with Gasteiger partial charge in [-0.05, 0) is 58.1 Å². The predicted molar refractivity (Wildman–Crippen MR) is 159 cm³/mol. The number of non-ortho nitro benzene ring substituents is 1. The summed E-state index contributed by atoms with van der Waals surface area (Å²) in [5.74, 6) is -0.274. The van der Waals surface area contributed by atoms with Gasteiger partial charge in [-0.1, -0.05) is 96.5 Å². The van der Waals surface area contributed by atoms with E-state index in [1.165, 1.54) is 17.2 Å². The molecule has 0 atom stereocenters. The third kappa shape index (κ3) is 6.64. The van der Waals surface area contributed by atoms with Gasteiger partial charge in [-0.15, -0.1) is 0 Å². The van der Waals surface area contributed by atoms with E-state index in [9.17, 15) is 10.1 Å². The van der Waals surface area contributed by atoms with Gasteiger partial charge in [0.1, 0.15) is 0 Å². The fourth-order valence-corrected chi connectivity index (χ4v) is 4.83. The molecule has 0 radical (unpaired) electrons. The average molecular weight is 534 g/mol. The van der Waals surface area contributed by atoms with Crippen molar-refractivity contribution < 1.29 is 4.92 Å². The van der Waals surface area contributed by atoms with Crippen LogP contribution in [0.4, 0.5) is 17.1 Å². The Hall–Kier alpha value is -4.61. The van der Waals surface area contributed by atoms with Gasteiger partial charge in [0.15, 0.2) is 0 Å². The van der Waals surface area contributed by atoms with E-state index in [0.717, 1.165) is 35.6 Å². The third-order valence-corrected chi connectivity index (χ3v) is 7.01. The normalized spacial score (nSPS) is 10.8. The highest BCUT2D eigenvalue weighted by molar-refractivity contribution is 6.31. The Morgan fingerprint density at radius 3 is 1.54 bits per heavy atom. The molecule has 0 spiro atoms. The molecule has 0 aliphatic heterocycles. The summed E-state index contributed by atoms with van der Waals surface area (Å²) in [7, 11) is 0. The number of benzene rings is 5. The number of halogens is 1. The maximum atomic E-state index is 11.6. The van der Waals surface area contributed by atoms with Crippen LogP contribution >= 0.6 is 11.6 Å². The predicted octanol–water partition coefficient (Wildman–Crippen LogP) is 8.65. The summed E-state index contributed by atoms with van der Waals surface area (Å²) in [4.78, 5) is 11.2. The van der Waals surface area contributed by atoms with E-state index >= 15 is 0 Å². The Bertz CT molecular complexity index is 1440. The van der Waals surface area contributed by atoms with Crippen LogP contribution in [-0.2, 0) is 13.1 Å². The lowest BCUT2D eigenvalue weighted by Gasteiger charge is -2.21. The quantitative estimate of drug-likeness (QED) is 0.107. The molecule has 6 heteroatoms. The smallest absolute Gasteiger partial charge is 0.269 e. The Morgan fingerprint density at radius 2 is 1.10 bits per heavy atom. The molecule has 0 heterocycles. The molecule has 0 saturated heterocycles. The van der Waals surface area contributed by atoms with Crippen molar-refractivity contribution in [3.8, 4) is 0 Å². The van der Waals surface area contributed by atoms with Gasteiger partial charge in [-0.25, -0.2) is 0 Å². The van der Waals surface area contributed by atoms with Crippen molar-refractivity contribution in [3.05, 3.63) is 170 Å². The van der Waals surface area contributed by atoms with Crippen LogP contribution in [0.15, 0.2) is 127 Å². The van der Waals surface area contributed by atoms with E-state index in [0.29, 0.717) is 10.6 Å². The topological polar surface area (TPSA) is 67.2 Å². The summed E-state index contributed by atoms with van der Waals surface area (Å²) < 4.78 is 0. The van der Waals surface area contributed by atoms with Gasteiger partial charge in [0.05, 0.1) is 4.92 Å². The van der Waals surface area contributed by atoms with Crippen molar-refractivity contribution in [2.24, 2.45) is 0 Å².